The lowest BCUT2D eigenvalue weighted by Crippen LogP contribution is -2.45. The van der Waals surface area contributed by atoms with Gasteiger partial charge in [-0.25, -0.2) is 4.98 Å². The number of hydrogen-bond acceptors (Lipinski definition) is 10. The van der Waals surface area contributed by atoms with Gasteiger partial charge < -0.3 is 34.6 Å². The van der Waals surface area contributed by atoms with Crippen molar-refractivity contribution in [2.24, 2.45) is 0 Å². The summed E-state index contributed by atoms with van der Waals surface area (Å²) in [6, 6.07) is 9.64. The standard InChI is InChI=1S/C33H45BrN7O3P/c1-21-17-26(29(42-4)18-27(21)40-12-9-22(10-13-40)41-14-11-23(20-41)39(2)3)37-33-35-19-24(34)32(38-33)36-25-7-8-28-30(31(25)45(5)6)44-16-15-43-28/h7-8,17-19,22-23H,9-16,20H2,1-6H3,(H2,35,36,37,38)/t23-/m1/s1. The molecular formula is C33H45BrN7O3P. The number of hydrogen-bond donors (Lipinski definition) is 2. The SMILES string of the molecule is COc1cc(N2CCC(N3CC[C@@H](N(C)C)C3)CC2)c(C)cc1Nc1ncc(Br)c(Nc2ccc3c(c2P(C)C)OCCO3)n1. The van der Waals surface area contributed by atoms with E-state index in [9.17, 15) is 0 Å². The second kappa shape index (κ2) is 13.9. The number of rotatable bonds is 9. The highest BCUT2D eigenvalue weighted by molar-refractivity contribution is 9.10. The number of fused-ring (bicyclic) bond motifs is 1. The van der Waals surface area contributed by atoms with Gasteiger partial charge in [-0.1, -0.05) is 7.92 Å². The van der Waals surface area contributed by atoms with Crippen LogP contribution in [-0.4, -0.2) is 106 Å². The maximum atomic E-state index is 6.03. The topological polar surface area (TPSA) is 87.3 Å². The van der Waals surface area contributed by atoms with Crippen molar-refractivity contribution in [3.63, 3.8) is 0 Å². The lowest BCUT2D eigenvalue weighted by atomic mass is 10.0. The Kier molecular flexibility index (Phi) is 9.90. The smallest absolute Gasteiger partial charge is 0.229 e. The number of piperidine rings is 1. The zero-order valence-corrected chi connectivity index (χ0v) is 29.7. The summed E-state index contributed by atoms with van der Waals surface area (Å²) in [4.78, 5) is 17.0. The van der Waals surface area contributed by atoms with E-state index in [0.29, 0.717) is 37.1 Å². The molecule has 1 atom stereocenters. The van der Waals surface area contributed by atoms with Crippen molar-refractivity contribution < 1.29 is 14.2 Å². The Bertz CT molecular complexity index is 1520. The van der Waals surface area contributed by atoms with Crippen LogP contribution in [0.5, 0.6) is 17.2 Å². The maximum Gasteiger partial charge on any atom is 0.229 e. The van der Waals surface area contributed by atoms with E-state index in [4.69, 9.17) is 19.2 Å². The molecule has 0 radical (unpaired) electrons. The molecule has 0 spiro atoms. The Labute approximate surface area is 276 Å². The molecule has 3 aromatic rings. The number of methoxy groups -OCH3 is 1. The van der Waals surface area contributed by atoms with Crippen molar-refractivity contribution in [2.75, 3.05) is 89.5 Å². The first-order chi connectivity index (χ1) is 21.7. The number of halogens is 1. The number of ether oxygens (including phenoxy) is 3. The van der Waals surface area contributed by atoms with Crippen LogP contribution in [0.3, 0.4) is 0 Å². The van der Waals surface area contributed by atoms with Gasteiger partial charge in [0.05, 0.1) is 23.0 Å². The first kappa shape index (κ1) is 32.1. The zero-order valence-electron chi connectivity index (χ0n) is 27.2. The number of aryl methyl sites for hydroxylation is 1. The number of nitrogens with one attached hydrogen (secondary N) is 2. The summed E-state index contributed by atoms with van der Waals surface area (Å²) in [5, 5.41) is 8.06. The quantitative estimate of drug-likeness (QED) is 0.268. The molecule has 0 bridgehead atoms. The molecule has 3 aliphatic heterocycles. The Morgan fingerprint density at radius 2 is 1.80 bits per heavy atom. The molecule has 1 aromatic heterocycles. The van der Waals surface area contributed by atoms with E-state index < -0.39 is 7.92 Å². The van der Waals surface area contributed by atoms with Gasteiger partial charge in [0.2, 0.25) is 5.95 Å². The Morgan fingerprint density at radius 1 is 1.02 bits per heavy atom. The van der Waals surface area contributed by atoms with Crippen LogP contribution in [0.25, 0.3) is 0 Å². The van der Waals surface area contributed by atoms with E-state index in [1.165, 1.54) is 43.6 Å². The highest BCUT2D eigenvalue weighted by Gasteiger charge is 2.32. The fraction of sp³-hybridized carbons (Fsp3) is 0.515. The third kappa shape index (κ3) is 6.97. The summed E-state index contributed by atoms with van der Waals surface area (Å²) >= 11 is 3.64. The lowest BCUT2D eigenvalue weighted by molar-refractivity contribution is 0.173. The average molecular weight is 699 g/mol. The van der Waals surface area contributed by atoms with E-state index in [2.05, 4.69) is 92.7 Å². The molecule has 12 heteroatoms. The first-order valence-corrected chi connectivity index (χ1v) is 18.7. The first-order valence-electron chi connectivity index (χ1n) is 15.7. The third-order valence-electron chi connectivity index (χ3n) is 9.14. The van der Waals surface area contributed by atoms with Crippen LogP contribution in [-0.2, 0) is 0 Å². The molecule has 2 fully saturated rings. The van der Waals surface area contributed by atoms with Gasteiger partial charge >= 0.3 is 0 Å². The molecule has 0 amide bonds. The number of likely N-dealkylation sites (tertiary alicyclic amines) is 1. The van der Waals surface area contributed by atoms with Crippen molar-refractivity contribution in [3.8, 4) is 17.2 Å². The lowest BCUT2D eigenvalue weighted by Gasteiger charge is -2.38. The molecule has 2 saturated heterocycles. The summed E-state index contributed by atoms with van der Waals surface area (Å²) in [6.45, 7) is 12.2. The average Bonchev–Trinajstić information content (AvgIpc) is 3.54. The molecule has 0 unspecified atom stereocenters. The van der Waals surface area contributed by atoms with E-state index in [-0.39, 0.29) is 0 Å². The molecule has 45 heavy (non-hydrogen) atoms. The van der Waals surface area contributed by atoms with Gasteiger partial charge in [0.25, 0.3) is 0 Å². The molecule has 10 nitrogen and oxygen atoms in total. The van der Waals surface area contributed by atoms with E-state index in [1.807, 2.05) is 12.1 Å². The van der Waals surface area contributed by atoms with Crippen molar-refractivity contribution in [3.05, 3.63) is 40.5 Å². The molecule has 6 rings (SSSR count). The predicted molar refractivity (Wildman–Crippen MR) is 189 cm³/mol. The normalized spacial score (nSPS) is 19.0. The fourth-order valence-corrected chi connectivity index (χ4v) is 8.17. The molecule has 3 aliphatic rings. The van der Waals surface area contributed by atoms with Gasteiger partial charge in [-0.2, -0.15) is 4.98 Å². The molecule has 0 saturated carbocycles. The summed E-state index contributed by atoms with van der Waals surface area (Å²) in [6.07, 6.45) is 5.41. The van der Waals surface area contributed by atoms with Gasteiger partial charge in [0, 0.05) is 61.5 Å². The van der Waals surface area contributed by atoms with Gasteiger partial charge in [-0.15, -0.1) is 0 Å². The molecule has 2 N–H and O–H groups in total. The van der Waals surface area contributed by atoms with Crippen molar-refractivity contribution in [2.45, 2.75) is 38.3 Å². The van der Waals surface area contributed by atoms with E-state index >= 15 is 0 Å². The largest absolute Gasteiger partial charge is 0.494 e. The van der Waals surface area contributed by atoms with Crippen molar-refractivity contribution >= 4 is 58.0 Å². The molecule has 242 valence electrons. The number of likely N-dealkylation sites (N-methyl/N-ethyl adjacent to an activating group) is 1. The van der Waals surface area contributed by atoms with E-state index in [1.54, 1.807) is 13.3 Å². The highest BCUT2D eigenvalue weighted by atomic mass is 79.9. The van der Waals surface area contributed by atoms with Gasteiger partial charge in [-0.05, 0) is 93.3 Å². The van der Waals surface area contributed by atoms with Gasteiger partial charge in [0.1, 0.15) is 24.8 Å². The second-order valence-electron chi connectivity index (χ2n) is 12.5. The van der Waals surface area contributed by atoms with E-state index in [0.717, 1.165) is 51.5 Å². The highest BCUT2D eigenvalue weighted by Crippen LogP contribution is 2.42. The maximum absolute atomic E-state index is 6.03. The Morgan fingerprint density at radius 3 is 2.51 bits per heavy atom. The molecule has 2 aromatic carbocycles. The number of anilines is 5. The van der Waals surface area contributed by atoms with Crippen molar-refractivity contribution in [1.82, 2.24) is 19.8 Å². The Hall–Kier alpha value is -2.85. The number of nitrogens with zero attached hydrogens (tertiary/aromatic N) is 5. The molecular weight excluding hydrogens is 653 g/mol. The van der Waals surface area contributed by atoms with Gasteiger partial charge in [-0.3, -0.25) is 4.90 Å². The minimum absolute atomic E-state index is 0.475. The van der Waals surface area contributed by atoms with Crippen LogP contribution in [0.15, 0.2) is 34.9 Å². The number of benzene rings is 2. The summed E-state index contributed by atoms with van der Waals surface area (Å²) < 4.78 is 18.5. The second-order valence-corrected chi connectivity index (χ2v) is 15.6. The summed E-state index contributed by atoms with van der Waals surface area (Å²) in [5.74, 6) is 3.52. The minimum atomic E-state index is -0.479. The van der Waals surface area contributed by atoms with Crippen LogP contribution in [0.2, 0.25) is 0 Å². The molecule has 4 heterocycles. The molecule has 0 aliphatic carbocycles. The van der Waals surface area contributed by atoms with Crippen LogP contribution in [0.4, 0.5) is 28.8 Å². The van der Waals surface area contributed by atoms with Crippen molar-refractivity contribution in [1.29, 1.82) is 0 Å². The summed E-state index contributed by atoms with van der Waals surface area (Å²) in [7, 11) is 5.64. The third-order valence-corrected chi connectivity index (χ3v) is 11.1. The Balaban J connectivity index is 1.17. The summed E-state index contributed by atoms with van der Waals surface area (Å²) in [5.41, 5.74) is 4.20. The minimum Gasteiger partial charge on any atom is -0.494 e. The van der Waals surface area contributed by atoms with Crippen LogP contribution in [0, 0.1) is 6.92 Å². The monoisotopic (exact) mass is 697 g/mol. The van der Waals surface area contributed by atoms with Gasteiger partial charge in [0.15, 0.2) is 11.5 Å². The van der Waals surface area contributed by atoms with Crippen LogP contribution >= 0.6 is 23.9 Å². The van der Waals surface area contributed by atoms with Crippen LogP contribution in [0.1, 0.15) is 24.8 Å². The number of aromatic nitrogens is 2. The van der Waals surface area contributed by atoms with Crippen LogP contribution < -0.4 is 35.0 Å². The zero-order chi connectivity index (χ0) is 31.7. The fourth-order valence-electron chi connectivity index (χ4n) is 6.69. The predicted octanol–water partition coefficient (Wildman–Crippen LogP) is 5.79.